The zero-order valence-electron chi connectivity index (χ0n) is 11.4. The average molecular weight is 340 g/mol. The van der Waals surface area contributed by atoms with E-state index in [9.17, 15) is 9.18 Å². The van der Waals surface area contributed by atoms with Crippen LogP contribution in [0.25, 0.3) is 0 Å². The zero-order chi connectivity index (χ0) is 14.9. The van der Waals surface area contributed by atoms with E-state index in [1.54, 1.807) is 29.9 Å². The summed E-state index contributed by atoms with van der Waals surface area (Å²) in [5.41, 5.74) is 1.86. The minimum absolute atomic E-state index is 0.185. The molecule has 0 aliphatic carbocycles. The highest BCUT2D eigenvalue weighted by Crippen LogP contribution is 2.20. The lowest BCUT2D eigenvalue weighted by Gasteiger charge is -2.13. The number of halogens is 2. The van der Waals surface area contributed by atoms with E-state index in [4.69, 9.17) is 0 Å². The quantitative estimate of drug-likeness (QED) is 0.928. The van der Waals surface area contributed by atoms with Crippen LogP contribution in [0.1, 0.15) is 24.2 Å². The van der Waals surface area contributed by atoms with Crippen molar-refractivity contribution in [3.63, 3.8) is 0 Å². The molecule has 2 rings (SSSR count). The smallest absolute Gasteiger partial charge is 0.249 e. The second-order valence-electron chi connectivity index (χ2n) is 4.69. The molecule has 0 radical (unpaired) electrons. The molecule has 0 aliphatic rings. The summed E-state index contributed by atoms with van der Waals surface area (Å²) in [7, 11) is 0. The van der Waals surface area contributed by atoms with Gasteiger partial charge in [0.25, 0.3) is 0 Å². The van der Waals surface area contributed by atoms with Crippen LogP contribution in [0.15, 0.2) is 28.9 Å². The van der Waals surface area contributed by atoms with Crippen LogP contribution < -0.4 is 5.32 Å². The Morgan fingerprint density at radius 1 is 1.45 bits per heavy atom. The van der Waals surface area contributed by atoms with E-state index >= 15 is 0 Å². The first-order chi connectivity index (χ1) is 9.38. The van der Waals surface area contributed by atoms with E-state index in [2.05, 4.69) is 26.3 Å². The third-order valence-corrected chi connectivity index (χ3v) is 3.79. The molecule has 1 aromatic carbocycles. The molecule has 0 bridgehead atoms. The third-order valence-electron chi connectivity index (χ3n) is 3.01. The van der Waals surface area contributed by atoms with Crippen molar-refractivity contribution < 1.29 is 9.18 Å². The highest BCUT2D eigenvalue weighted by Gasteiger charge is 2.18. The predicted molar refractivity (Wildman–Crippen MR) is 79.1 cm³/mol. The maximum atomic E-state index is 13.6. The number of amides is 1. The van der Waals surface area contributed by atoms with E-state index in [1.165, 1.54) is 6.07 Å². The van der Waals surface area contributed by atoms with Gasteiger partial charge < -0.3 is 5.32 Å². The van der Waals surface area contributed by atoms with E-state index < -0.39 is 11.9 Å². The summed E-state index contributed by atoms with van der Waals surface area (Å²) >= 11 is 3.35. The number of carbonyl (C=O) groups is 1. The molecular formula is C14H15BrFN3O. The van der Waals surface area contributed by atoms with Gasteiger partial charge in [0.2, 0.25) is 5.91 Å². The molecule has 1 unspecified atom stereocenters. The molecule has 2 aromatic rings. The van der Waals surface area contributed by atoms with Crippen molar-refractivity contribution in [3.05, 3.63) is 45.9 Å². The Balaban J connectivity index is 2.17. The molecule has 0 spiro atoms. The Kier molecular flexibility index (Phi) is 4.23. The van der Waals surface area contributed by atoms with Gasteiger partial charge in [-0.15, -0.1) is 0 Å². The summed E-state index contributed by atoms with van der Waals surface area (Å²) in [6.07, 6.45) is 1.73. The van der Waals surface area contributed by atoms with Crippen molar-refractivity contribution in [3.8, 4) is 0 Å². The first-order valence-electron chi connectivity index (χ1n) is 6.16. The van der Waals surface area contributed by atoms with Crippen molar-refractivity contribution in [2.45, 2.75) is 26.8 Å². The Hall–Kier alpha value is -1.69. The fourth-order valence-corrected chi connectivity index (χ4v) is 2.04. The minimum Gasteiger partial charge on any atom is -0.322 e. The lowest BCUT2D eigenvalue weighted by Crippen LogP contribution is -2.24. The van der Waals surface area contributed by atoms with Crippen molar-refractivity contribution in [1.29, 1.82) is 0 Å². The maximum absolute atomic E-state index is 13.6. The molecule has 1 amide bonds. The topological polar surface area (TPSA) is 46.9 Å². The van der Waals surface area contributed by atoms with Crippen LogP contribution >= 0.6 is 15.9 Å². The number of benzene rings is 1. The number of hydrogen-bond acceptors (Lipinski definition) is 2. The van der Waals surface area contributed by atoms with E-state index in [1.807, 2.05) is 13.8 Å². The van der Waals surface area contributed by atoms with Crippen LogP contribution in [-0.4, -0.2) is 15.7 Å². The molecule has 1 aromatic heterocycles. The monoisotopic (exact) mass is 339 g/mol. The highest BCUT2D eigenvalue weighted by atomic mass is 79.9. The number of rotatable bonds is 3. The normalized spacial score (nSPS) is 12.2. The molecule has 1 atom stereocenters. The molecule has 1 N–H and O–H groups in total. The van der Waals surface area contributed by atoms with E-state index in [0.717, 1.165) is 15.7 Å². The fraction of sp³-hybridized carbons (Fsp3) is 0.286. The van der Waals surface area contributed by atoms with Crippen molar-refractivity contribution in [2.75, 3.05) is 5.32 Å². The first kappa shape index (κ1) is 14.7. The van der Waals surface area contributed by atoms with Crippen LogP contribution in [0.2, 0.25) is 0 Å². The first-order valence-corrected chi connectivity index (χ1v) is 6.96. The summed E-state index contributed by atoms with van der Waals surface area (Å²) in [6.45, 7) is 5.39. The van der Waals surface area contributed by atoms with Crippen LogP contribution in [0.5, 0.6) is 0 Å². The summed E-state index contributed by atoms with van der Waals surface area (Å²) in [6, 6.07) is 4.07. The number of aromatic nitrogens is 2. The van der Waals surface area contributed by atoms with Gasteiger partial charge in [-0.3, -0.25) is 9.48 Å². The van der Waals surface area contributed by atoms with Gasteiger partial charge in [-0.25, -0.2) is 4.39 Å². The Morgan fingerprint density at radius 2 is 2.15 bits per heavy atom. The number of carbonyl (C=O) groups excluding carboxylic acids is 1. The van der Waals surface area contributed by atoms with E-state index in [-0.39, 0.29) is 11.6 Å². The van der Waals surface area contributed by atoms with Gasteiger partial charge in [-0.05, 0) is 54.4 Å². The lowest BCUT2D eigenvalue weighted by atomic mass is 10.2. The molecule has 1 heterocycles. The summed E-state index contributed by atoms with van der Waals surface area (Å²) in [5, 5.41) is 6.82. The van der Waals surface area contributed by atoms with Crippen LogP contribution in [0, 0.1) is 19.7 Å². The average Bonchev–Trinajstić information content (AvgIpc) is 2.73. The molecule has 6 heteroatoms. The van der Waals surface area contributed by atoms with Crippen LogP contribution in [0.4, 0.5) is 10.1 Å². The molecule has 4 nitrogen and oxygen atoms in total. The SMILES string of the molecule is Cc1ccc(F)c(NC(=O)C(C)n2cc(Br)c(C)n2)c1. The number of aryl methyl sites for hydroxylation is 2. The molecular weight excluding hydrogens is 325 g/mol. The molecule has 0 aliphatic heterocycles. The standard InChI is InChI=1S/C14H15BrFN3O/c1-8-4-5-12(16)13(6-8)17-14(20)10(3)19-7-11(15)9(2)18-19/h4-7,10H,1-3H3,(H,17,20). The predicted octanol–water partition coefficient (Wildman–Crippen LogP) is 3.60. The van der Waals surface area contributed by atoms with Gasteiger partial charge in [-0.2, -0.15) is 5.10 Å². The molecule has 106 valence electrons. The largest absolute Gasteiger partial charge is 0.322 e. The molecule has 0 saturated heterocycles. The van der Waals surface area contributed by atoms with Crippen molar-refractivity contribution in [1.82, 2.24) is 9.78 Å². The second-order valence-corrected chi connectivity index (χ2v) is 5.55. The van der Waals surface area contributed by atoms with Gasteiger partial charge in [0.15, 0.2) is 0 Å². The lowest BCUT2D eigenvalue weighted by molar-refractivity contribution is -0.119. The summed E-state index contributed by atoms with van der Waals surface area (Å²) in [4.78, 5) is 12.1. The Labute approximate surface area is 125 Å². The number of anilines is 1. The van der Waals surface area contributed by atoms with E-state index in [0.29, 0.717) is 0 Å². The zero-order valence-corrected chi connectivity index (χ0v) is 13.0. The molecule has 0 fully saturated rings. The Bertz CT molecular complexity index is 634. The molecule has 20 heavy (non-hydrogen) atoms. The second kappa shape index (κ2) is 5.75. The van der Waals surface area contributed by atoms with Crippen LogP contribution in [0.3, 0.4) is 0 Å². The van der Waals surface area contributed by atoms with Gasteiger partial charge in [0.1, 0.15) is 11.9 Å². The Morgan fingerprint density at radius 3 is 2.75 bits per heavy atom. The number of hydrogen-bond donors (Lipinski definition) is 1. The van der Waals surface area contributed by atoms with Crippen molar-refractivity contribution >= 4 is 27.5 Å². The number of nitrogens with zero attached hydrogens (tertiary/aromatic N) is 2. The highest BCUT2D eigenvalue weighted by molar-refractivity contribution is 9.10. The molecule has 0 saturated carbocycles. The van der Waals surface area contributed by atoms with Gasteiger partial charge >= 0.3 is 0 Å². The number of nitrogens with one attached hydrogen (secondary N) is 1. The maximum Gasteiger partial charge on any atom is 0.249 e. The van der Waals surface area contributed by atoms with Crippen molar-refractivity contribution in [2.24, 2.45) is 0 Å². The van der Waals surface area contributed by atoms with Crippen LogP contribution in [-0.2, 0) is 4.79 Å². The van der Waals surface area contributed by atoms with Gasteiger partial charge in [0, 0.05) is 6.20 Å². The summed E-state index contributed by atoms with van der Waals surface area (Å²) < 4.78 is 16.0. The summed E-state index contributed by atoms with van der Waals surface area (Å²) in [5.74, 6) is -0.765. The minimum atomic E-state index is -0.528. The van der Waals surface area contributed by atoms with Gasteiger partial charge in [0.05, 0.1) is 15.9 Å². The fourth-order valence-electron chi connectivity index (χ4n) is 1.75. The third kappa shape index (κ3) is 3.07. The van der Waals surface area contributed by atoms with Gasteiger partial charge in [-0.1, -0.05) is 6.07 Å².